The summed E-state index contributed by atoms with van der Waals surface area (Å²) >= 11 is 0. The van der Waals surface area contributed by atoms with Crippen molar-refractivity contribution in [2.75, 3.05) is 6.54 Å². The number of benzene rings is 1. The summed E-state index contributed by atoms with van der Waals surface area (Å²) in [5.41, 5.74) is 8.39. The van der Waals surface area contributed by atoms with Gasteiger partial charge in [0.05, 0.1) is 6.04 Å². The van der Waals surface area contributed by atoms with E-state index in [1.54, 1.807) is 0 Å². The molecule has 1 aromatic carbocycles. The Kier molecular flexibility index (Phi) is 11.7. The molecule has 1 amide bonds. The number of aromatic nitrogens is 2. The third-order valence-electron chi connectivity index (χ3n) is 5.51. The smallest absolute Gasteiger partial charge is 0.404 e. The number of rotatable bonds is 16. The van der Waals surface area contributed by atoms with E-state index in [0.717, 1.165) is 24.8 Å². The first kappa shape index (κ1) is 24.9. The number of unbranched alkanes of at least 4 members (excludes halogenated alkanes) is 8. The Labute approximate surface area is 185 Å². The molecule has 1 aromatic heterocycles. The molecular formula is C24H38N4O3. The molecule has 1 atom stereocenters. The van der Waals surface area contributed by atoms with E-state index < -0.39 is 6.09 Å². The van der Waals surface area contributed by atoms with Gasteiger partial charge >= 0.3 is 6.09 Å². The van der Waals surface area contributed by atoms with Gasteiger partial charge in [-0.25, -0.2) is 4.79 Å². The van der Waals surface area contributed by atoms with Crippen LogP contribution in [0.5, 0.6) is 0 Å². The summed E-state index contributed by atoms with van der Waals surface area (Å²) in [7, 11) is 0. The predicted octanol–water partition coefficient (Wildman–Crippen LogP) is 5.86. The number of carbonyl (C=O) groups is 1. The molecule has 172 valence electrons. The van der Waals surface area contributed by atoms with Crippen molar-refractivity contribution >= 4 is 6.09 Å². The Bertz CT molecular complexity index is 746. The van der Waals surface area contributed by atoms with Crippen LogP contribution < -0.4 is 11.1 Å². The van der Waals surface area contributed by atoms with Crippen LogP contribution in [-0.4, -0.2) is 27.9 Å². The summed E-state index contributed by atoms with van der Waals surface area (Å²) in [5.74, 6) is 0.973. The van der Waals surface area contributed by atoms with Gasteiger partial charge in [0.15, 0.2) is 0 Å². The molecule has 0 saturated carbocycles. The number of carboxylic acid groups (broad SMARTS) is 1. The molecule has 2 rings (SSSR count). The second kappa shape index (κ2) is 14.6. The zero-order chi connectivity index (χ0) is 22.3. The highest BCUT2D eigenvalue weighted by Crippen LogP contribution is 2.21. The first-order valence-corrected chi connectivity index (χ1v) is 11.8. The lowest BCUT2D eigenvalue weighted by Gasteiger charge is -2.06. The molecule has 7 nitrogen and oxygen atoms in total. The van der Waals surface area contributed by atoms with Gasteiger partial charge in [-0.1, -0.05) is 81.3 Å². The Balaban J connectivity index is 1.69. The van der Waals surface area contributed by atoms with Crippen molar-refractivity contribution in [2.24, 2.45) is 5.73 Å². The fourth-order valence-electron chi connectivity index (χ4n) is 3.59. The van der Waals surface area contributed by atoms with Crippen molar-refractivity contribution in [1.82, 2.24) is 15.5 Å². The maximum atomic E-state index is 10.4. The average molecular weight is 431 g/mol. The molecule has 0 bridgehead atoms. The van der Waals surface area contributed by atoms with Gasteiger partial charge < -0.3 is 20.7 Å². The number of nitrogens with zero attached hydrogens (tertiary/aromatic N) is 2. The quantitative estimate of drug-likeness (QED) is 0.287. The molecule has 0 aliphatic rings. The number of hydrogen-bond donors (Lipinski definition) is 3. The molecule has 0 aliphatic carbocycles. The topological polar surface area (TPSA) is 114 Å². The minimum Gasteiger partial charge on any atom is -0.465 e. The first-order chi connectivity index (χ1) is 15.1. The molecule has 0 radical (unpaired) electrons. The van der Waals surface area contributed by atoms with E-state index in [-0.39, 0.29) is 6.04 Å². The highest BCUT2D eigenvalue weighted by Gasteiger charge is 2.15. The van der Waals surface area contributed by atoms with Gasteiger partial charge in [0, 0.05) is 12.1 Å². The second-order valence-corrected chi connectivity index (χ2v) is 8.21. The summed E-state index contributed by atoms with van der Waals surface area (Å²) in [6, 6.07) is 8.02. The van der Waals surface area contributed by atoms with Gasteiger partial charge in [-0.15, -0.1) is 0 Å². The van der Waals surface area contributed by atoms with E-state index in [9.17, 15) is 4.79 Å². The predicted molar refractivity (Wildman–Crippen MR) is 123 cm³/mol. The van der Waals surface area contributed by atoms with Crippen LogP contribution in [-0.2, 0) is 6.42 Å². The Hall–Kier alpha value is -2.41. The van der Waals surface area contributed by atoms with Gasteiger partial charge in [0.1, 0.15) is 0 Å². The fourth-order valence-corrected chi connectivity index (χ4v) is 3.59. The zero-order valence-corrected chi connectivity index (χ0v) is 18.8. The van der Waals surface area contributed by atoms with Crippen LogP contribution in [0.3, 0.4) is 0 Å². The van der Waals surface area contributed by atoms with Crippen molar-refractivity contribution in [2.45, 2.75) is 90.0 Å². The first-order valence-electron chi connectivity index (χ1n) is 11.8. The molecule has 7 heteroatoms. The van der Waals surface area contributed by atoms with Crippen LogP contribution in [0.25, 0.3) is 11.4 Å². The molecule has 0 unspecified atom stereocenters. The molecule has 0 spiro atoms. The molecule has 0 saturated heterocycles. The highest BCUT2D eigenvalue weighted by molar-refractivity contribution is 5.64. The third-order valence-corrected chi connectivity index (χ3v) is 5.51. The minimum absolute atomic E-state index is 0.340. The van der Waals surface area contributed by atoms with Crippen LogP contribution in [0, 0.1) is 0 Å². The summed E-state index contributed by atoms with van der Waals surface area (Å²) in [6.07, 6.45) is 12.9. The summed E-state index contributed by atoms with van der Waals surface area (Å²) in [4.78, 5) is 14.9. The van der Waals surface area contributed by atoms with Gasteiger partial charge in [-0.2, -0.15) is 4.98 Å². The number of nitrogens with two attached hydrogens (primary N) is 1. The molecular weight excluding hydrogens is 392 g/mol. The standard InChI is InChI=1S/C24H38N4O3/c1-2-3-4-5-6-7-8-9-12-19-14-16-20(17-15-19)22-27-23(31-28-22)21(25)13-10-11-18-26-24(29)30/h14-17,21,26H,2-13,18,25H2,1H3,(H,29,30)/t21-/m1/s1. The summed E-state index contributed by atoms with van der Waals surface area (Å²) in [5, 5.41) is 15.0. The monoisotopic (exact) mass is 430 g/mol. The Morgan fingerprint density at radius 1 is 1.03 bits per heavy atom. The van der Waals surface area contributed by atoms with E-state index in [1.165, 1.54) is 56.9 Å². The Morgan fingerprint density at radius 2 is 1.71 bits per heavy atom. The summed E-state index contributed by atoms with van der Waals surface area (Å²) in [6.45, 7) is 2.67. The van der Waals surface area contributed by atoms with E-state index in [1.807, 2.05) is 12.1 Å². The zero-order valence-electron chi connectivity index (χ0n) is 18.8. The van der Waals surface area contributed by atoms with E-state index in [0.29, 0.717) is 24.7 Å². The molecule has 0 aliphatic heterocycles. The lowest BCUT2D eigenvalue weighted by atomic mass is 10.0. The van der Waals surface area contributed by atoms with Gasteiger partial charge in [0.2, 0.25) is 11.7 Å². The normalized spacial score (nSPS) is 12.1. The molecule has 2 aromatic rings. The van der Waals surface area contributed by atoms with Crippen molar-refractivity contribution < 1.29 is 14.4 Å². The third kappa shape index (κ3) is 9.96. The largest absolute Gasteiger partial charge is 0.465 e. The number of hydrogen-bond acceptors (Lipinski definition) is 5. The maximum absolute atomic E-state index is 10.4. The molecule has 1 heterocycles. The van der Waals surface area contributed by atoms with Gasteiger partial charge in [0.25, 0.3) is 0 Å². The molecule has 4 N–H and O–H groups in total. The van der Waals surface area contributed by atoms with E-state index >= 15 is 0 Å². The SMILES string of the molecule is CCCCCCCCCCc1ccc(-c2noc([C@H](N)CCCCNC(=O)O)n2)cc1. The highest BCUT2D eigenvalue weighted by atomic mass is 16.5. The van der Waals surface area contributed by atoms with Crippen LogP contribution in [0.15, 0.2) is 28.8 Å². The van der Waals surface area contributed by atoms with Crippen molar-refractivity contribution in [3.05, 3.63) is 35.7 Å². The lowest BCUT2D eigenvalue weighted by molar-refractivity contribution is 0.194. The minimum atomic E-state index is -1.00. The van der Waals surface area contributed by atoms with Crippen LogP contribution in [0.1, 0.15) is 95.0 Å². The lowest BCUT2D eigenvalue weighted by Crippen LogP contribution is -2.22. The van der Waals surface area contributed by atoms with Gasteiger partial charge in [-0.05, 0) is 37.7 Å². The van der Waals surface area contributed by atoms with E-state index in [4.69, 9.17) is 15.4 Å². The van der Waals surface area contributed by atoms with Crippen molar-refractivity contribution in [3.8, 4) is 11.4 Å². The van der Waals surface area contributed by atoms with E-state index in [2.05, 4.69) is 34.5 Å². The van der Waals surface area contributed by atoms with Crippen LogP contribution >= 0.6 is 0 Å². The Morgan fingerprint density at radius 3 is 2.39 bits per heavy atom. The number of nitrogens with one attached hydrogen (secondary N) is 1. The number of amides is 1. The molecule has 31 heavy (non-hydrogen) atoms. The van der Waals surface area contributed by atoms with Crippen LogP contribution in [0.4, 0.5) is 4.79 Å². The number of aryl methyl sites for hydroxylation is 1. The van der Waals surface area contributed by atoms with Gasteiger partial charge in [-0.3, -0.25) is 0 Å². The van der Waals surface area contributed by atoms with Crippen molar-refractivity contribution in [3.63, 3.8) is 0 Å². The maximum Gasteiger partial charge on any atom is 0.404 e. The second-order valence-electron chi connectivity index (χ2n) is 8.21. The fraction of sp³-hybridized carbons (Fsp3) is 0.625. The summed E-state index contributed by atoms with van der Waals surface area (Å²) < 4.78 is 5.34. The molecule has 0 fully saturated rings. The average Bonchev–Trinajstić information content (AvgIpc) is 3.26. The van der Waals surface area contributed by atoms with Crippen LogP contribution in [0.2, 0.25) is 0 Å². The van der Waals surface area contributed by atoms with Crippen molar-refractivity contribution in [1.29, 1.82) is 0 Å².